The first kappa shape index (κ1) is 10.4. The largest absolute Gasteiger partial charge is 0.328 e. The highest BCUT2D eigenvalue weighted by atomic mass is 19.1. The molecule has 2 atom stereocenters. The predicted octanol–water partition coefficient (Wildman–Crippen LogP) is 1.69. The van der Waals surface area contributed by atoms with Crippen molar-refractivity contribution in [1.82, 2.24) is 4.90 Å². The van der Waals surface area contributed by atoms with Gasteiger partial charge in [0.05, 0.1) is 0 Å². The fraction of sp³-hybridized carbons (Fsp3) is 1.00. The molecule has 1 aliphatic heterocycles. The molecule has 0 bridgehead atoms. The van der Waals surface area contributed by atoms with Gasteiger partial charge in [0, 0.05) is 25.2 Å². The van der Waals surface area contributed by atoms with Gasteiger partial charge in [0.2, 0.25) is 0 Å². The minimum atomic E-state index is -0.552. The van der Waals surface area contributed by atoms with Crippen LogP contribution in [0.2, 0.25) is 0 Å². The SMILES string of the molecule is NC1CCCC(N2CCC(F)CC2)C1. The quantitative estimate of drug-likeness (QED) is 0.698. The lowest BCUT2D eigenvalue weighted by Crippen LogP contribution is -2.46. The van der Waals surface area contributed by atoms with Crippen LogP contribution >= 0.6 is 0 Å². The van der Waals surface area contributed by atoms with E-state index in [2.05, 4.69) is 4.90 Å². The van der Waals surface area contributed by atoms with Gasteiger partial charge in [0.15, 0.2) is 0 Å². The third-order valence-corrected chi connectivity index (χ3v) is 3.66. The Kier molecular flexibility index (Phi) is 3.39. The molecule has 2 unspecified atom stereocenters. The molecule has 1 heterocycles. The number of alkyl halides is 1. The third kappa shape index (κ3) is 2.45. The molecule has 2 nitrogen and oxygen atoms in total. The molecule has 0 aromatic carbocycles. The molecule has 2 aliphatic rings. The summed E-state index contributed by atoms with van der Waals surface area (Å²) in [5.41, 5.74) is 5.96. The highest BCUT2D eigenvalue weighted by Gasteiger charge is 2.28. The van der Waals surface area contributed by atoms with Crippen molar-refractivity contribution in [2.45, 2.75) is 56.8 Å². The number of nitrogens with two attached hydrogens (primary N) is 1. The Morgan fingerprint density at radius 2 is 1.79 bits per heavy atom. The standard InChI is InChI=1S/C11H21FN2/c12-9-4-6-14(7-5-9)11-3-1-2-10(13)8-11/h9-11H,1-8,13H2. The van der Waals surface area contributed by atoms with Crippen molar-refractivity contribution in [2.75, 3.05) is 13.1 Å². The van der Waals surface area contributed by atoms with Gasteiger partial charge in [0.1, 0.15) is 6.17 Å². The van der Waals surface area contributed by atoms with E-state index in [1.807, 2.05) is 0 Å². The molecule has 0 spiro atoms. The van der Waals surface area contributed by atoms with Gasteiger partial charge in [-0.25, -0.2) is 4.39 Å². The summed E-state index contributed by atoms with van der Waals surface area (Å²) in [6.07, 6.45) is 5.72. The van der Waals surface area contributed by atoms with E-state index in [1.165, 1.54) is 19.3 Å². The van der Waals surface area contributed by atoms with Crippen molar-refractivity contribution in [3.63, 3.8) is 0 Å². The summed E-state index contributed by atoms with van der Waals surface area (Å²) in [5.74, 6) is 0. The Balaban J connectivity index is 1.82. The van der Waals surface area contributed by atoms with Crippen LogP contribution in [0.3, 0.4) is 0 Å². The zero-order valence-corrected chi connectivity index (χ0v) is 8.79. The van der Waals surface area contributed by atoms with Gasteiger partial charge in [-0.05, 0) is 32.1 Å². The van der Waals surface area contributed by atoms with Crippen LogP contribution in [-0.4, -0.2) is 36.2 Å². The van der Waals surface area contributed by atoms with Crippen molar-refractivity contribution in [1.29, 1.82) is 0 Å². The minimum absolute atomic E-state index is 0.386. The van der Waals surface area contributed by atoms with Gasteiger partial charge in [-0.15, -0.1) is 0 Å². The number of nitrogens with zero attached hydrogens (tertiary/aromatic N) is 1. The molecule has 3 heteroatoms. The van der Waals surface area contributed by atoms with Crippen LogP contribution < -0.4 is 5.73 Å². The molecule has 1 aliphatic carbocycles. The second-order valence-electron chi connectivity index (χ2n) is 4.79. The Morgan fingerprint density at radius 1 is 1.07 bits per heavy atom. The van der Waals surface area contributed by atoms with Crippen LogP contribution in [0.4, 0.5) is 4.39 Å². The Morgan fingerprint density at radius 3 is 2.43 bits per heavy atom. The maximum absolute atomic E-state index is 12.9. The van der Waals surface area contributed by atoms with Crippen LogP contribution in [0.15, 0.2) is 0 Å². The van der Waals surface area contributed by atoms with E-state index < -0.39 is 6.17 Å². The predicted molar refractivity (Wildman–Crippen MR) is 55.9 cm³/mol. The number of rotatable bonds is 1. The normalized spacial score (nSPS) is 37.3. The van der Waals surface area contributed by atoms with Crippen LogP contribution in [0.5, 0.6) is 0 Å². The third-order valence-electron chi connectivity index (χ3n) is 3.66. The molecule has 0 amide bonds. The Bertz CT molecular complexity index is 178. The van der Waals surface area contributed by atoms with E-state index >= 15 is 0 Å². The molecule has 2 rings (SSSR count). The first-order valence-corrected chi connectivity index (χ1v) is 5.89. The van der Waals surface area contributed by atoms with Crippen LogP contribution in [0.25, 0.3) is 0 Å². The van der Waals surface area contributed by atoms with Crippen molar-refractivity contribution >= 4 is 0 Å². The molecular formula is C11H21FN2. The molecule has 1 saturated carbocycles. The second-order valence-corrected chi connectivity index (χ2v) is 4.79. The molecule has 1 saturated heterocycles. The fourth-order valence-electron chi connectivity index (χ4n) is 2.77. The maximum atomic E-state index is 12.9. The van der Waals surface area contributed by atoms with E-state index in [1.54, 1.807) is 0 Å². The molecule has 0 radical (unpaired) electrons. The number of halogens is 1. The van der Waals surface area contributed by atoms with Gasteiger partial charge >= 0.3 is 0 Å². The number of piperidine rings is 1. The summed E-state index contributed by atoms with van der Waals surface area (Å²) in [5, 5.41) is 0. The molecule has 2 N–H and O–H groups in total. The zero-order valence-electron chi connectivity index (χ0n) is 8.79. The lowest BCUT2D eigenvalue weighted by atomic mass is 9.89. The van der Waals surface area contributed by atoms with Crippen molar-refractivity contribution in [2.24, 2.45) is 5.73 Å². The Hall–Kier alpha value is -0.150. The van der Waals surface area contributed by atoms with Crippen molar-refractivity contribution in [3.8, 4) is 0 Å². The van der Waals surface area contributed by atoms with Crippen molar-refractivity contribution in [3.05, 3.63) is 0 Å². The smallest absolute Gasteiger partial charge is 0.103 e. The van der Waals surface area contributed by atoms with Gasteiger partial charge < -0.3 is 10.6 Å². The molecule has 0 aromatic heterocycles. The average molecular weight is 200 g/mol. The van der Waals surface area contributed by atoms with E-state index in [0.29, 0.717) is 12.1 Å². The summed E-state index contributed by atoms with van der Waals surface area (Å²) < 4.78 is 12.9. The lowest BCUT2D eigenvalue weighted by Gasteiger charge is -2.39. The first-order chi connectivity index (χ1) is 6.75. The summed E-state index contributed by atoms with van der Waals surface area (Å²) >= 11 is 0. The van der Waals surface area contributed by atoms with Gasteiger partial charge in [-0.1, -0.05) is 6.42 Å². The summed E-state index contributed by atoms with van der Waals surface area (Å²) in [7, 11) is 0. The van der Waals surface area contributed by atoms with Crippen LogP contribution in [0.1, 0.15) is 38.5 Å². The maximum Gasteiger partial charge on any atom is 0.103 e. The number of hydrogen-bond acceptors (Lipinski definition) is 2. The number of hydrogen-bond donors (Lipinski definition) is 1. The van der Waals surface area contributed by atoms with E-state index in [-0.39, 0.29) is 0 Å². The second kappa shape index (κ2) is 4.58. The van der Waals surface area contributed by atoms with Gasteiger partial charge in [-0.2, -0.15) is 0 Å². The van der Waals surface area contributed by atoms with E-state index in [4.69, 9.17) is 5.73 Å². The topological polar surface area (TPSA) is 29.3 Å². The highest BCUT2D eigenvalue weighted by Crippen LogP contribution is 2.25. The van der Waals surface area contributed by atoms with Gasteiger partial charge in [0.25, 0.3) is 0 Å². The van der Waals surface area contributed by atoms with E-state index in [0.717, 1.165) is 32.4 Å². The zero-order chi connectivity index (χ0) is 9.97. The molecule has 2 fully saturated rings. The lowest BCUT2D eigenvalue weighted by molar-refractivity contribution is 0.0871. The van der Waals surface area contributed by atoms with Crippen LogP contribution in [-0.2, 0) is 0 Å². The van der Waals surface area contributed by atoms with Crippen molar-refractivity contribution < 1.29 is 4.39 Å². The summed E-state index contributed by atoms with van der Waals surface area (Å²) in [4.78, 5) is 2.45. The molecule has 0 aromatic rings. The van der Waals surface area contributed by atoms with Crippen LogP contribution in [0, 0.1) is 0 Å². The molecule has 82 valence electrons. The Labute approximate surface area is 85.6 Å². The molecular weight excluding hydrogens is 179 g/mol. The highest BCUT2D eigenvalue weighted by molar-refractivity contribution is 4.84. The molecule has 14 heavy (non-hydrogen) atoms. The first-order valence-electron chi connectivity index (χ1n) is 5.89. The number of likely N-dealkylation sites (tertiary alicyclic amines) is 1. The fourth-order valence-corrected chi connectivity index (χ4v) is 2.77. The summed E-state index contributed by atoms with van der Waals surface area (Å²) in [6.45, 7) is 1.89. The summed E-state index contributed by atoms with van der Waals surface area (Å²) in [6, 6.07) is 1.03. The van der Waals surface area contributed by atoms with E-state index in [9.17, 15) is 4.39 Å². The monoisotopic (exact) mass is 200 g/mol. The minimum Gasteiger partial charge on any atom is -0.328 e. The average Bonchev–Trinajstić information content (AvgIpc) is 2.19. The van der Waals surface area contributed by atoms with Gasteiger partial charge in [-0.3, -0.25) is 0 Å².